The molecule has 2 heterocycles. The fourth-order valence-electron chi connectivity index (χ4n) is 2.59. The van der Waals surface area contributed by atoms with Crippen molar-refractivity contribution < 1.29 is 4.79 Å². The number of ketones is 1. The van der Waals surface area contributed by atoms with Crippen LogP contribution in [0.4, 0.5) is 5.82 Å². The van der Waals surface area contributed by atoms with Crippen LogP contribution in [0.3, 0.4) is 0 Å². The van der Waals surface area contributed by atoms with Crippen molar-refractivity contribution >= 4 is 22.5 Å². The largest absolute Gasteiger partial charge is 0.382 e. The van der Waals surface area contributed by atoms with Crippen molar-refractivity contribution in [1.82, 2.24) is 15.0 Å². The number of para-hydroxylation sites is 1. The predicted molar refractivity (Wildman–Crippen MR) is 89.5 cm³/mol. The Hall–Kier alpha value is -2.89. The number of nitrogens with two attached hydrogens (primary N) is 1. The summed E-state index contributed by atoms with van der Waals surface area (Å²) < 4.78 is 0. The molecule has 0 aliphatic carbocycles. The molecule has 0 aliphatic heterocycles. The monoisotopic (exact) mass is 310 g/mol. The zero-order chi connectivity index (χ0) is 16.6. The second-order valence-corrected chi connectivity index (χ2v) is 5.95. The molecule has 3 aromatic rings. The molecule has 0 saturated heterocycles. The third kappa shape index (κ3) is 2.75. The Bertz CT molecular complexity index is 937. The van der Waals surface area contributed by atoms with E-state index in [0.29, 0.717) is 17.7 Å². The van der Waals surface area contributed by atoms with Crippen molar-refractivity contribution in [2.45, 2.75) is 20.3 Å². The Labute approximate surface area is 132 Å². The van der Waals surface area contributed by atoms with Crippen LogP contribution in [0.5, 0.6) is 0 Å². The number of aromatic amines is 2. The molecular weight excluding hydrogens is 292 g/mol. The first-order valence-electron chi connectivity index (χ1n) is 7.47. The third-order valence-electron chi connectivity index (χ3n) is 3.67. The number of benzene rings is 1. The summed E-state index contributed by atoms with van der Waals surface area (Å²) >= 11 is 0. The lowest BCUT2D eigenvalue weighted by Crippen LogP contribution is -2.23. The van der Waals surface area contributed by atoms with Crippen LogP contribution >= 0.6 is 0 Å². The Kier molecular flexibility index (Phi) is 3.73. The number of nitrogen functional groups attached to an aromatic ring is 1. The minimum atomic E-state index is -0.365. The molecule has 118 valence electrons. The highest BCUT2D eigenvalue weighted by Crippen LogP contribution is 2.21. The second kappa shape index (κ2) is 5.72. The van der Waals surface area contributed by atoms with Crippen molar-refractivity contribution in [3.05, 3.63) is 57.8 Å². The van der Waals surface area contributed by atoms with Gasteiger partial charge in [-0.15, -0.1) is 0 Å². The van der Waals surface area contributed by atoms with Crippen LogP contribution in [0.2, 0.25) is 0 Å². The van der Waals surface area contributed by atoms with E-state index in [4.69, 9.17) is 5.73 Å². The SMILES string of the molecule is CC(C)Cc1nc(N)c(C(=O)c2c[nH]c3ccccc23)[nH]c1=O. The van der Waals surface area contributed by atoms with Crippen LogP contribution in [0, 0.1) is 5.92 Å². The summed E-state index contributed by atoms with van der Waals surface area (Å²) in [4.78, 5) is 34.6. The lowest BCUT2D eigenvalue weighted by atomic mass is 10.1. The Morgan fingerprint density at radius 3 is 2.78 bits per heavy atom. The van der Waals surface area contributed by atoms with E-state index in [2.05, 4.69) is 15.0 Å². The molecule has 3 rings (SSSR count). The Balaban J connectivity index is 2.06. The summed E-state index contributed by atoms with van der Waals surface area (Å²) in [6, 6.07) is 7.45. The summed E-state index contributed by atoms with van der Waals surface area (Å²) in [5.41, 5.74) is 7.24. The number of anilines is 1. The summed E-state index contributed by atoms with van der Waals surface area (Å²) in [5.74, 6) is -0.0191. The van der Waals surface area contributed by atoms with Gasteiger partial charge >= 0.3 is 0 Å². The lowest BCUT2D eigenvalue weighted by Gasteiger charge is -2.07. The highest BCUT2D eigenvalue weighted by atomic mass is 16.1. The van der Waals surface area contributed by atoms with Gasteiger partial charge in [-0.25, -0.2) is 4.98 Å². The standard InChI is InChI=1S/C17H18N4O2/c1-9(2)7-13-17(23)21-14(16(18)20-13)15(22)11-8-19-12-6-4-3-5-10(11)12/h3-6,8-9,19H,7H2,1-2H3,(H2,18,20)(H,21,23). The summed E-state index contributed by atoms with van der Waals surface area (Å²) in [6.07, 6.45) is 2.13. The van der Waals surface area contributed by atoms with E-state index in [1.165, 1.54) is 0 Å². The molecule has 4 N–H and O–H groups in total. The number of fused-ring (bicyclic) bond motifs is 1. The average molecular weight is 310 g/mol. The molecule has 0 bridgehead atoms. The van der Waals surface area contributed by atoms with E-state index >= 15 is 0 Å². The van der Waals surface area contributed by atoms with E-state index in [-0.39, 0.29) is 28.8 Å². The molecule has 6 heteroatoms. The third-order valence-corrected chi connectivity index (χ3v) is 3.67. The molecule has 0 saturated carbocycles. The normalized spacial score (nSPS) is 11.3. The van der Waals surface area contributed by atoms with Crippen molar-refractivity contribution in [3.63, 3.8) is 0 Å². The average Bonchev–Trinajstić information content (AvgIpc) is 2.93. The number of H-pyrrole nitrogens is 2. The maximum atomic E-state index is 12.7. The van der Waals surface area contributed by atoms with Gasteiger partial charge in [-0.05, 0) is 18.4 Å². The maximum Gasteiger partial charge on any atom is 0.270 e. The minimum Gasteiger partial charge on any atom is -0.382 e. The van der Waals surface area contributed by atoms with Gasteiger partial charge in [-0.1, -0.05) is 32.0 Å². The lowest BCUT2D eigenvalue weighted by molar-refractivity contribution is 0.103. The van der Waals surface area contributed by atoms with E-state index in [1.807, 2.05) is 38.1 Å². The quantitative estimate of drug-likeness (QED) is 0.643. The molecule has 6 nitrogen and oxygen atoms in total. The summed E-state index contributed by atoms with van der Waals surface area (Å²) in [6.45, 7) is 3.98. The fraction of sp³-hybridized carbons (Fsp3) is 0.235. The number of rotatable bonds is 4. The molecule has 0 fully saturated rings. The van der Waals surface area contributed by atoms with Gasteiger partial charge in [0, 0.05) is 22.7 Å². The summed E-state index contributed by atoms with van der Waals surface area (Å²) in [7, 11) is 0. The topological polar surface area (TPSA) is 105 Å². The van der Waals surface area contributed by atoms with Gasteiger partial charge in [-0.3, -0.25) is 9.59 Å². The maximum absolute atomic E-state index is 12.7. The molecule has 0 atom stereocenters. The van der Waals surface area contributed by atoms with Gasteiger partial charge in [0.15, 0.2) is 5.82 Å². The van der Waals surface area contributed by atoms with Gasteiger partial charge < -0.3 is 15.7 Å². The second-order valence-electron chi connectivity index (χ2n) is 5.95. The number of hydrogen-bond donors (Lipinski definition) is 3. The van der Waals surface area contributed by atoms with Crippen LogP contribution in [0.25, 0.3) is 10.9 Å². The number of carbonyl (C=O) groups is 1. The number of nitrogens with zero attached hydrogens (tertiary/aromatic N) is 1. The Morgan fingerprint density at radius 2 is 2.04 bits per heavy atom. The van der Waals surface area contributed by atoms with Crippen LogP contribution in [-0.2, 0) is 6.42 Å². The van der Waals surface area contributed by atoms with Crippen LogP contribution in [-0.4, -0.2) is 20.7 Å². The van der Waals surface area contributed by atoms with Gasteiger partial charge in [0.05, 0.1) is 0 Å². The first-order valence-corrected chi connectivity index (χ1v) is 7.47. The molecule has 2 aromatic heterocycles. The summed E-state index contributed by atoms with van der Waals surface area (Å²) in [5, 5.41) is 0.781. The van der Waals surface area contributed by atoms with Crippen molar-refractivity contribution in [1.29, 1.82) is 0 Å². The smallest absolute Gasteiger partial charge is 0.270 e. The van der Waals surface area contributed by atoms with Crippen molar-refractivity contribution in [2.24, 2.45) is 5.92 Å². The van der Waals surface area contributed by atoms with Crippen LogP contribution < -0.4 is 11.3 Å². The molecule has 0 radical (unpaired) electrons. The van der Waals surface area contributed by atoms with Gasteiger partial charge in [-0.2, -0.15) is 0 Å². The van der Waals surface area contributed by atoms with Gasteiger partial charge in [0.2, 0.25) is 5.78 Å². The van der Waals surface area contributed by atoms with E-state index in [9.17, 15) is 9.59 Å². The first-order chi connectivity index (χ1) is 11.0. The number of nitrogens with one attached hydrogen (secondary N) is 2. The molecule has 0 aliphatic rings. The number of carbonyl (C=O) groups excluding carboxylic acids is 1. The Morgan fingerprint density at radius 1 is 1.30 bits per heavy atom. The van der Waals surface area contributed by atoms with Crippen molar-refractivity contribution in [3.8, 4) is 0 Å². The first kappa shape index (κ1) is 15.0. The van der Waals surface area contributed by atoms with E-state index < -0.39 is 0 Å². The highest BCUT2D eigenvalue weighted by Gasteiger charge is 2.20. The van der Waals surface area contributed by atoms with Gasteiger partial charge in [0.25, 0.3) is 5.56 Å². The zero-order valence-electron chi connectivity index (χ0n) is 13.0. The van der Waals surface area contributed by atoms with Crippen molar-refractivity contribution in [2.75, 3.05) is 5.73 Å². The molecular formula is C17H18N4O2. The fourth-order valence-corrected chi connectivity index (χ4v) is 2.59. The number of aromatic nitrogens is 3. The zero-order valence-corrected chi connectivity index (χ0v) is 13.0. The molecule has 23 heavy (non-hydrogen) atoms. The van der Waals surface area contributed by atoms with Crippen LogP contribution in [0.1, 0.15) is 35.6 Å². The van der Waals surface area contributed by atoms with Crippen LogP contribution in [0.15, 0.2) is 35.3 Å². The molecule has 1 aromatic carbocycles. The molecule has 0 amide bonds. The van der Waals surface area contributed by atoms with E-state index in [0.717, 1.165) is 10.9 Å². The number of hydrogen-bond acceptors (Lipinski definition) is 4. The molecule has 0 unspecified atom stereocenters. The minimum absolute atomic E-state index is 0.0345. The predicted octanol–water partition coefficient (Wildman–Crippen LogP) is 2.26. The van der Waals surface area contributed by atoms with Gasteiger partial charge in [0.1, 0.15) is 11.4 Å². The highest BCUT2D eigenvalue weighted by molar-refractivity contribution is 6.17. The molecule has 0 spiro atoms. The van der Waals surface area contributed by atoms with E-state index in [1.54, 1.807) is 6.20 Å².